The number of rotatable bonds is 6. The third-order valence-electron chi connectivity index (χ3n) is 5.89. The van der Waals surface area contributed by atoms with Gasteiger partial charge in [-0.15, -0.1) is 0 Å². The number of aliphatic hydroxyl groups is 1. The highest BCUT2D eigenvalue weighted by Crippen LogP contribution is 2.34. The minimum atomic E-state index is -0.104. The first-order valence-electron chi connectivity index (χ1n) is 9.07. The molecule has 1 aliphatic heterocycles. The van der Waals surface area contributed by atoms with E-state index in [1.54, 1.807) is 0 Å². The van der Waals surface area contributed by atoms with Crippen LogP contribution in [0, 0.1) is 12.3 Å². The molecule has 134 valence electrons. The van der Waals surface area contributed by atoms with E-state index in [1.807, 2.05) is 31.0 Å². The second kappa shape index (κ2) is 8.13. The van der Waals surface area contributed by atoms with Gasteiger partial charge in [0.2, 0.25) is 5.91 Å². The quantitative estimate of drug-likeness (QED) is 0.871. The predicted octanol–water partition coefficient (Wildman–Crippen LogP) is 2.83. The van der Waals surface area contributed by atoms with Crippen LogP contribution >= 0.6 is 0 Å². The molecule has 0 bridgehead atoms. The van der Waals surface area contributed by atoms with Crippen molar-refractivity contribution in [2.24, 2.45) is 5.41 Å². The Kier molecular flexibility index (Phi) is 6.41. The van der Waals surface area contributed by atoms with Gasteiger partial charge in [0.25, 0.3) is 0 Å². The highest BCUT2D eigenvalue weighted by atomic mass is 16.3. The summed E-state index contributed by atoms with van der Waals surface area (Å²) in [7, 11) is 1.89. The summed E-state index contributed by atoms with van der Waals surface area (Å²) in [5.41, 5.74) is 2.48. The average molecular weight is 332 g/mol. The van der Waals surface area contributed by atoms with Gasteiger partial charge in [-0.05, 0) is 62.7 Å². The zero-order valence-electron chi connectivity index (χ0n) is 15.6. The van der Waals surface area contributed by atoms with Crippen LogP contribution in [0.25, 0.3) is 0 Å². The molecule has 0 aromatic heterocycles. The number of likely N-dealkylation sites (tertiary alicyclic amines) is 1. The fraction of sp³-hybridized carbons (Fsp3) is 0.650. The number of aliphatic hydroxyl groups excluding tert-OH is 1. The van der Waals surface area contributed by atoms with E-state index in [4.69, 9.17) is 0 Å². The number of nitrogens with zero attached hydrogens (tertiary/aromatic N) is 2. The SMILES string of the molecule is CCC1(CO)CCN(C(C)C(=O)N(C)Cc2ccccc2C)CC1. The van der Waals surface area contributed by atoms with Crippen molar-refractivity contribution in [3.8, 4) is 0 Å². The maximum absolute atomic E-state index is 12.8. The Bertz CT molecular complexity index is 544. The topological polar surface area (TPSA) is 43.8 Å². The zero-order chi connectivity index (χ0) is 17.7. The minimum absolute atomic E-state index is 0.0618. The van der Waals surface area contributed by atoms with E-state index >= 15 is 0 Å². The van der Waals surface area contributed by atoms with Gasteiger partial charge in [-0.1, -0.05) is 31.2 Å². The molecule has 1 unspecified atom stereocenters. The Hall–Kier alpha value is -1.39. The number of likely N-dealkylation sites (N-methyl/N-ethyl adjacent to an activating group) is 1. The Balaban J connectivity index is 1.94. The van der Waals surface area contributed by atoms with E-state index < -0.39 is 0 Å². The van der Waals surface area contributed by atoms with Crippen LogP contribution in [0.1, 0.15) is 44.2 Å². The molecule has 1 amide bonds. The van der Waals surface area contributed by atoms with Crippen LogP contribution in [-0.2, 0) is 11.3 Å². The van der Waals surface area contributed by atoms with Crippen molar-refractivity contribution < 1.29 is 9.90 Å². The number of aryl methyl sites for hydroxylation is 1. The van der Waals surface area contributed by atoms with Crippen molar-refractivity contribution in [1.29, 1.82) is 0 Å². The summed E-state index contributed by atoms with van der Waals surface area (Å²) in [5, 5.41) is 9.66. The van der Waals surface area contributed by atoms with Crippen molar-refractivity contribution in [2.45, 2.75) is 52.6 Å². The number of piperidine rings is 1. The first-order chi connectivity index (χ1) is 11.4. The molecule has 4 nitrogen and oxygen atoms in total. The van der Waals surface area contributed by atoms with Gasteiger partial charge in [-0.2, -0.15) is 0 Å². The number of hydrogen-bond donors (Lipinski definition) is 1. The first-order valence-corrected chi connectivity index (χ1v) is 9.07. The number of amides is 1. The zero-order valence-corrected chi connectivity index (χ0v) is 15.6. The average Bonchev–Trinajstić information content (AvgIpc) is 2.62. The third kappa shape index (κ3) is 4.17. The maximum Gasteiger partial charge on any atom is 0.239 e. The van der Waals surface area contributed by atoms with Crippen molar-refractivity contribution in [1.82, 2.24) is 9.80 Å². The lowest BCUT2D eigenvalue weighted by atomic mass is 9.76. The normalized spacial score (nSPS) is 19.0. The highest BCUT2D eigenvalue weighted by Gasteiger charge is 2.35. The Morgan fingerprint density at radius 1 is 1.33 bits per heavy atom. The molecule has 0 radical (unpaired) electrons. The van der Waals surface area contributed by atoms with Gasteiger partial charge in [0.15, 0.2) is 0 Å². The molecular formula is C20H32N2O2. The van der Waals surface area contributed by atoms with Crippen LogP contribution in [0.4, 0.5) is 0 Å². The van der Waals surface area contributed by atoms with Gasteiger partial charge in [0, 0.05) is 20.2 Å². The van der Waals surface area contributed by atoms with Gasteiger partial charge in [-0.25, -0.2) is 0 Å². The molecule has 0 spiro atoms. The Morgan fingerprint density at radius 3 is 2.50 bits per heavy atom. The smallest absolute Gasteiger partial charge is 0.239 e. The molecule has 2 rings (SSSR count). The fourth-order valence-electron chi connectivity index (χ4n) is 3.61. The lowest BCUT2D eigenvalue weighted by molar-refractivity contribution is -0.136. The van der Waals surface area contributed by atoms with Crippen molar-refractivity contribution >= 4 is 5.91 Å². The van der Waals surface area contributed by atoms with E-state index in [9.17, 15) is 9.90 Å². The highest BCUT2D eigenvalue weighted by molar-refractivity contribution is 5.81. The lowest BCUT2D eigenvalue weighted by Crippen LogP contribution is -2.51. The van der Waals surface area contributed by atoms with E-state index in [2.05, 4.69) is 30.9 Å². The van der Waals surface area contributed by atoms with E-state index in [-0.39, 0.29) is 24.0 Å². The molecule has 1 N–H and O–H groups in total. The summed E-state index contributed by atoms with van der Waals surface area (Å²) in [5.74, 6) is 0.172. The summed E-state index contributed by atoms with van der Waals surface area (Å²) in [6.07, 6.45) is 2.95. The van der Waals surface area contributed by atoms with Crippen LogP contribution in [0.15, 0.2) is 24.3 Å². The lowest BCUT2D eigenvalue weighted by Gasteiger charge is -2.42. The third-order valence-corrected chi connectivity index (χ3v) is 5.89. The second-order valence-corrected chi connectivity index (χ2v) is 7.34. The van der Waals surface area contributed by atoms with Crippen LogP contribution < -0.4 is 0 Å². The van der Waals surface area contributed by atoms with Gasteiger partial charge in [0.1, 0.15) is 0 Å². The number of benzene rings is 1. The standard InChI is InChI=1S/C20H32N2O2/c1-5-20(15-23)10-12-22(13-11-20)17(3)19(24)21(4)14-18-9-7-6-8-16(18)2/h6-9,17,23H,5,10-15H2,1-4H3. The Labute approximate surface area is 146 Å². The molecule has 1 aromatic rings. The number of carbonyl (C=O) groups excluding carboxylic acids is 1. The van der Waals surface area contributed by atoms with Crippen molar-refractivity contribution in [3.63, 3.8) is 0 Å². The monoisotopic (exact) mass is 332 g/mol. The Morgan fingerprint density at radius 2 is 1.96 bits per heavy atom. The molecule has 1 heterocycles. The molecule has 4 heteroatoms. The molecule has 0 aliphatic carbocycles. The van der Waals surface area contributed by atoms with E-state index in [0.29, 0.717) is 6.54 Å². The summed E-state index contributed by atoms with van der Waals surface area (Å²) in [6.45, 7) is 8.93. The van der Waals surface area contributed by atoms with Gasteiger partial charge >= 0.3 is 0 Å². The minimum Gasteiger partial charge on any atom is -0.396 e. The van der Waals surface area contributed by atoms with E-state index in [0.717, 1.165) is 32.4 Å². The molecule has 1 fully saturated rings. The summed E-state index contributed by atoms with van der Waals surface area (Å²) >= 11 is 0. The molecule has 1 aromatic carbocycles. The molecular weight excluding hydrogens is 300 g/mol. The first kappa shape index (κ1) is 18.9. The van der Waals surface area contributed by atoms with Crippen LogP contribution in [0.5, 0.6) is 0 Å². The van der Waals surface area contributed by atoms with Gasteiger partial charge < -0.3 is 10.0 Å². The van der Waals surface area contributed by atoms with Gasteiger partial charge in [0.05, 0.1) is 6.04 Å². The van der Waals surface area contributed by atoms with Gasteiger partial charge in [-0.3, -0.25) is 9.69 Å². The fourth-order valence-corrected chi connectivity index (χ4v) is 3.61. The molecule has 1 atom stereocenters. The second-order valence-electron chi connectivity index (χ2n) is 7.34. The number of hydrogen-bond acceptors (Lipinski definition) is 3. The molecule has 0 saturated carbocycles. The van der Waals surface area contributed by atoms with Crippen molar-refractivity contribution in [2.75, 3.05) is 26.7 Å². The molecule has 1 aliphatic rings. The largest absolute Gasteiger partial charge is 0.396 e. The van der Waals surface area contributed by atoms with Crippen molar-refractivity contribution in [3.05, 3.63) is 35.4 Å². The number of carbonyl (C=O) groups is 1. The van der Waals surface area contributed by atoms with Crippen LogP contribution in [0.3, 0.4) is 0 Å². The van der Waals surface area contributed by atoms with E-state index in [1.165, 1.54) is 11.1 Å². The van der Waals surface area contributed by atoms with Crippen LogP contribution in [0.2, 0.25) is 0 Å². The maximum atomic E-state index is 12.8. The van der Waals surface area contributed by atoms with Crippen LogP contribution in [-0.4, -0.2) is 53.6 Å². The molecule has 1 saturated heterocycles. The predicted molar refractivity (Wildman–Crippen MR) is 97.7 cm³/mol. The summed E-state index contributed by atoms with van der Waals surface area (Å²) < 4.78 is 0. The summed E-state index contributed by atoms with van der Waals surface area (Å²) in [4.78, 5) is 16.9. The summed E-state index contributed by atoms with van der Waals surface area (Å²) in [6, 6.07) is 8.11. The molecule has 24 heavy (non-hydrogen) atoms.